The van der Waals surface area contributed by atoms with Gasteiger partial charge in [-0.1, -0.05) is 13.3 Å². The van der Waals surface area contributed by atoms with Gasteiger partial charge >= 0.3 is 0 Å². The lowest BCUT2D eigenvalue weighted by molar-refractivity contribution is 0.0980. The fraction of sp³-hybridized carbons (Fsp3) is 0.538. The van der Waals surface area contributed by atoms with Gasteiger partial charge in [0.1, 0.15) is 12.4 Å². The molecule has 6 heteroatoms. The van der Waals surface area contributed by atoms with Crippen LogP contribution in [0.25, 0.3) is 0 Å². The molecule has 0 fully saturated rings. The summed E-state index contributed by atoms with van der Waals surface area (Å²) in [6, 6.07) is 4.69. The Balaban J connectivity index is 2.46. The predicted octanol–water partition coefficient (Wildman–Crippen LogP) is 3.12. The van der Waals surface area contributed by atoms with Crippen LogP contribution in [-0.4, -0.2) is 28.2 Å². The van der Waals surface area contributed by atoms with Gasteiger partial charge in [0.2, 0.25) is 0 Å². The first-order chi connectivity index (χ1) is 8.95. The molecule has 0 atom stereocenters. The Bertz CT molecular complexity index is 499. The zero-order valence-electron chi connectivity index (χ0n) is 11.2. The normalized spacial score (nSPS) is 11.5. The van der Waals surface area contributed by atoms with Crippen LogP contribution in [0.3, 0.4) is 0 Å². The van der Waals surface area contributed by atoms with Crippen molar-refractivity contribution in [2.75, 3.05) is 19.8 Å². The highest BCUT2D eigenvalue weighted by molar-refractivity contribution is 8.13. The van der Waals surface area contributed by atoms with E-state index < -0.39 is 9.05 Å². The van der Waals surface area contributed by atoms with E-state index in [9.17, 15) is 8.42 Å². The van der Waals surface area contributed by atoms with Gasteiger partial charge in [0.05, 0.1) is 11.5 Å². The summed E-state index contributed by atoms with van der Waals surface area (Å²) in [5.41, 5.74) is 0.569. The molecular formula is C13H19ClO4S. The van der Waals surface area contributed by atoms with Gasteiger partial charge < -0.3 is 9.47 Å². The van der Waals surface area contributed by atoms with Crippen molar-refractivity contribution in [1.82, 2.24) is 0 Å². The second-order valence-corrected chi connectivity index (χ2v) is 6.71. The first-order valence-electron chi connectivity index (χ1n) is 6.21. The Morgan fingerprint density at radius 1 is 1.21 bits per heavy atom. The summed E-state index contributed by atoms with van der Waals surface area (Å²) in [6.07, 6.45) is 2.15. The third-order valence-electron chi connectivity index (χ3n) is 2.55. The first-order valence-corrected chi connectivity index (χ1v) is 8.52. The van der Waals surface area contributed by atoms with E-state index in [1.165, 1.54) is 6.07 Å². The molecule has 4 nitrogen and oxygen atoms in total. The Labute approximate surface area is 119 Å². The molecule has 0 amide bonds. The lowest BCUT2D eigenvalue weighted by atomic mass is 10.2. The predicted molar refractivity (Wildman–Crippen MR) is 75.4 cm³/mol. The van der Waals surface area contributed by atoms with E-state index in [2.05, 4.69) is 6.92 Å². The van der Waals surface area contributed by atoms with Gasteiger partial charge in [-0.3, -0.25) is 0 Å². The van der Waals surface area contributed by atoms with Crippen LogP contribution < -0.4 is 4.74 Å². The van der Waals surface area contributed by atoms with Gasteiger partial charge in [0, 0.05) is 17.3 Å². The fourth-order valence-electron chi connectivity index (χ4n) is 1.55. The van der Waals surface area contributed by atoms with Gasteiger partial charge in [0.15, 0.2) is 0 Å². The van der Waals surface area contributed by atoms with E-state index in [0.29, 0.717) is 24.5 Å². The molecule has 0 aliphatic heterocycles. The van der Waals surface area contributed by atoms with Crippen LogP contribution in [0.15, 0.2) is 23.1 Å². The minimum Gasteiger partial charge on any atom is -0.491 e. The van der Waals surface area contributed by atoms with Crippen molar-refractivity contribution in [3.8, 4) is 5.75 Å². The number of unbranched alkanes of at least 4 members (excludes halogenated alkanes) is 1. The maximum Gasteiger partial charge on any atom is 0.261 e. The molecule has 0 saturated carbocycles. The minimum absolute atomic E-state index is 0.112. The van der Waals surface area contributed by atoms with Crippen molar-refractivity contribution >= 4 is 19.7 Å². The van der Waals surface area contributed by atoms with Crippen molar-refractivity contribution in [2.24, 2.45) is 0 Å². The van der Waals surface area contributed by atoms with E-state index in [0.717, 1.165) is 19.4 Å². The van der Waals surface area contributed by atoms with E-state index in [1.54, 1.807) is 19.1 Å². The number of aryl methyl sites for hydroxylation is 1. The van der Waals surface area contributed by atoms with Gasteiger partial charge in [-0.25, -0.2) is 8.42 Å². The maximum atomic E-state index is 11.2. The lowest BCUT2D eigenvalue weighted by Gasteiger charge is -2.09. The van der Waals surface area contributed by atoms with Crippen LogP contribution in [-0.2, 0) is 13.8 Å². The van der Waals surface area contributed by atoms with Crippen molar-refractivity contribution in [3.63, 3.8) is 0 Å². The Morgan fingerprint density at radius 3 is 2.53 bits per heavy atom. The topological polar surface area (TPSA) is 52.6 Å². The fourth-order valence-corrected chi connectivity index (χ4v) is 2.75. The standard InChI is InChI=1S/C13H19ClO4S/c1-3-4-7-17-8-9-18-12-5-6-13(11(2)10-12)19(14,15)16/h5-6,10H,3-4,7-9H2,1-2H3. The van der Waals surface area contributed by atoms with Crippen LogP contribution >= 0.6 is 10.7 Å². The molecule has 108 valence electrons. The number of hydrogen-bond donors (Lipinski definition) is 0. The average molecular weight is 307 g/mol. The number of halogens is 1. The molecule has 1 rings (SSSR count). The molecule has 0 spiro atoms. The third-order valence-corrected chi connectivity index (χ3v) is 4.03. The molecule has 19 heavy (non-hydrogen) atoms. The monoisotopic (exact) mass is 306 g/mol. The van der Waals surface area contributed by atoms with Crippen LogP contribution in [0.5, 0.6) is 5.75 Å². The van der Waals surface area contributed by atoms with Crippen molar-refractivity contribution in [2.45, 2.75) is 31.6 Å². The van der Waals surface area contributed by atoms with Gasteiger partial charge in [-0.2, -0.15) is 0 Å². The molecule has 0 aliphatic rings. The molecule has 0 bridgehead atoms. The molecule has 0 saturated heterocycles. The SMILES string of the molecule is CCCCOCCOc1ccc(S(=O)(=O)Cl)c(C)c1. The van der Waals surface area contributed by atoms with Crippen molar-refractivity contribution < 1.29 is 17.9 Å². The lowest BCUT2D eigenvalue weighted by Crippen LogP contribution is -2.07. The highest BCUT2D eigenvalue weighted by Gasteiger charge is 2.13. The Hall–Kier alpha value is -0.780. The van der Waals surface area contributed by atoms with Gasteiger partial charge in [0.25, 0.3) is 9.05 Å². The van der Waals surface area contributed by atoms with Crippen LogP contribution in [0.4, 0.5) is 0 Å². The summed E-state index contributed by atoms with van der Waals surface area (Å²) >= 11 is 0. The summed E-state index contributed by atoms with van der Waals surface area (Å²) in [4.78, 5) is 0.112. The summed E-state index contributed by atoms with van der Waals surface area (Å²) < 4.78 is 33.3. The molecule has 0 N–H and O–H groups in total. The Morgan fingerprint density at radius 2 is 1.95 bits per heavy atom. The van der Waals surface area contributed by atoms with Crippen molar-refractivity contribution in [3.05, 3.63) is 23.8 Å². The van der Waals surface area contributed by atoms with E-state index in [-0.39, 0.29) is 4.90 Å². The van der Waals surface area contributed by atoms with Crippen LogP contribution in [0.2, 0.25) is 0 Å². The number of rotatable bonds is 8. The maximum absolute atomic E-state index is 11.2. The molecule has 0 heterocycles. The molecule has 1 aromatic rings. The molecular weight excluding hydrogens is 288 g/mol. The van der Waals surface area contributed by atoms with E-state index in [1.807, 2.05) is 0 Å². The highest BCUT2D eigenvalue weighted by atomic mass is 35.7. The summed E-state index contributed by atoms with van der Waals surface area (Å²) in [5, 5.41) is 0. The summed E-state index contributed by atoms with van der Waals surface area (Å²) in [5.74, 6) is 0.612. The van der Waals surface area contributed by atoms with Crippen LogP contribution in [0, 0.1) is 6.92 Å². The zero-order chi connectivity index (χ0) is 14.3. The molecule has 0 aliphatic carbocycles. The van der Waals surface area contributed by atoms with Crippen molar-refractivity contribution in [1.29, 1.82) is 0 Å². The third kappa shape index (κ3) is 5.80. The smallest absolute Gasteiger partial charge is 0.261 e. The minimum atomic E-state index is -3.69. The zero-order valence-corrected chi connectivity index (χ0v) is 12.8. The van der Waals surface area contributed by atoms with Crippen LogP contribution in [0.1, 0.15) is 25.3 Å². The summed E-state index contributed by atoms with van der Waals surface area (Å²) in [6.45, 7) is 5.49. The van der Waals surface area contributed by atoms with Gasteiger partial charge in [-0.05, 0) is 37.1 Å². The van der Waals surface area contributed by atoms with E-state index >= 15 is 0 Å². The number of benzene rings is 1. The van der Waals surface area contributed by atoms with Gasteiger partial charge in [-0.15, -0.1) is 0 Å². The molecule has 0 aromatic heterocycles. The molecule has 1 aromatic carbocycles. The molecule has 0 unspecified atom stereocenters. The highest BCUT2D eigenvalue weighted by Crippen LogP contribution is 2.23. The summed E-state index contributed by atoms with van der Waals surface area (Å²) in [7, 11) is 1.61. The quantitative estimate of drug-likeness (QED) is 0.547. The largest absolute Gasteiger partial charge is 0.491 e. The van der Waals surface area contributed by atoms with E-state index in [4.69, 9.17) is 20.2 Å². The second-order valence-electron chi connectivity index (χ2n) is 4.18. The Kier molecular flexibility index (Phi) is 6.62. The second kappa shape index (κ2) is 7.72. The number of hydrogen-bond acceptors (Lipinski definition) is 4. The molecule has 0 radical (unpaired) electrons. The number of ether oxygens (including phenoxy) is 2. The average Bonchev–Trinajstić information content (AvgIpc) is 2.32. The first kappa shape index (κ1) is 16.3.